The minimum atomic E-state index is -1.07. The number of halogens is 1. The molecule has 3 N–H and O–H groups in total. The van der Waals surface area contributed by atoms with Crippen molar-refractivity contribution in [1.82, 2.24) is 5.32 Å². The number of hydrogen-bond acceptors (Lipinski definition) is 3. The Bertz CT molecular complexity index is 1230. The summed E-state index contributed by atoms with van der Waals surface area (Å²) in [6.07, 6.45) is 0. The maximum Gasteiger partial charge on any atom is 0.325 e. The lowest BCUT2D eigenvalue weighted by Gasteiger charge is -2.25. The van der Waals surface area contributed by atoms with Gasteiger partial charge >= 0.3 is 5.97 Å². The molecule has 3 aromatic rings. The SMILES string of the molecule is Cc1cc(C(Nc2cccc(-c3cc(C)c(C(=O)NC(C)C(=O)O)c(C)c3)c2)C(C)C)ccc1Cl. The molecule has 35 heavy (non-hydrogen) atoms. The van der Waals surface area contributed by atoms with Crippen LogP contribution >= 0.6 is 11.6 Å². The highest BCUT2D eigenvalue weighted by Gasteiger charge is 2.20. The summed E-state index contributed by atoms with van der Waals surface area (Å²) in [6.45, 7) is 11.6. The fraction of sp³-hybridized carbons (Fsp3) is 0.310. The lowest BCUT2D eigenvalue weighted by molar-refractivity contribution is -0.138. The highest BCUT2D eigenvalue weighted by Crippen LogP contribution is 2.32. The lowest BCUT2D eigenvalue weighted by Crippen LogP contribution is -2.38. The Balaban J connectivity index is 1.89. The number of rotatable bonds is 8. The number of nitrogens with one attached hydrogen (secondary N) is 2. The van der Waals surface area contributed by atoms with E-state index >= 15 is 0 Å². The monoisotopic (exact) mass is 492 g/mol. The number of amides is 1. The smallest absolute Gasteiger partial charge is 0.325 e. The maximum atomic E-state index is 12.7. The molecular formula is C29H33ClN2O3. The van der Waals surface area contributed by atoms with E-state index in [0.29, 0.717) is 11.5 Å². The summed E-state index contributed by atoms with van der Waals surface area (Å²) in [6, 6.07) is 17.5. The van der Waals surface area contributed by atoms with E-state index in [2.05, 4.69) is 48.7 Å². The van der Waals surface area contributed by atoms with E-state index in [9.17, 15) is 9.59 Å². The van der Waals surface area contributed by atoms with Crippen LogP contribution in [0.25, 0.3) is 11.1 Å². The number of anilines is 1. The Hall–Kier alpha value is -3.31. The van der Waals surface area contributed by atoms with Gasteiger partial charge in [-0.3, -0.25) is 9.59 Å². The maximum absolute atomic E-state index is 12.7. The first kappa shape index (κ1) is 26.3. The second-order valence-corrected chi connectivity index (χ2v) is 9.88. The van der Waals surface area contributed by atoms with Gasteiger partial charge in [-0.25, -0.2) is 0 Å². The van der Waals surface area contributed by atoms with Crippen LogP contribution in [-0.4, -0.2) is 23.0 Å². The Labute approximate surface area is 212 Å². The van der Waals surface area contributed by atoms with Crippen molar-refractivity contribution >= 4 is 29.2 Å². The fourth-order valence-corrected chi connectivity index (χ4v) is 4.40. The molecule has 0 saturated heterocycles. The van der Waals surface area contributed by atoms with E-state index in [-0.39, 0.29) is 11.9 Å². The molecule has 0 bridgehead atoms. The number of carbonyl (C=O) groups excluding carboxylic acids is 1. The molecule has 0 fully saturated rings. The van der Waals surface area contributed by atoms with Crippen LogP contribution in [0.5, 0.6) is 0 Å². The van der Waals surface area contributed by atoms with Crippen molar-refractivity contribution < 1.29 is 14.7 Å². The van der Waals surface area contributed by atoms with Gasteiger partial charge in [-0.15, -0.1) is 0 Å². The van der Waals surface area contributed by atoms with Crippen LogP contribution in [0.4, 0.5) is 5.69 Å². The molecule has 184 valence electrons. The molecule has 0 aromatic heterocycles. The third-order valence-corrected chi connectivity index (χ3v) is 6.63. The average molecular weight is 493 g/mol. The first-order chi connectivity index (χ1) is 16.5. The lowest BCUT2D eigenvalue weighted by atomic mass is 9.93. The molecule has 0 saturated carbocycles. The first-order valence-corrected chi connectivity index (χ1v) is 12.1. The van der Waals surface area contributed by atoms with Gasteiger partial charge in [-0.05, 0) is 85.2 Å². The van der Waals surface area contributed by atoms with Gasteiger partial charge in [-0.2, -0.15) is 0 Å². The topological polar surface area (TPSA) is 78.4 Å². The first-order valence-electron chi connectivity index (χ1n) is 11.8. The minimum Gasteiger partial charge on any atom is -0.480 e. The predicted molar refractivity (Wildman–Crippen MR) is 143 cm³/mol. The summed E-state index contributed by atoms with van der Waals surface area (Å²) < 4.78 is 0. The Morgan fingerprint density at radius 1 is 0.857 bits per heavy atom. The zero-order chi connectivity index (χ0) is 25.9. The highest BCUT2D eigenvalue weighted by atomic mass is 35.5. The predicted octanol–water partition coefficient (Wildman–Crippen LogP) is 6.94. The van der Waals surface area contributed by atoms with Gasteiger partial charge in [0, 0.05) is 16.3 Å². The zero-order valence-corrected chi connectivity index (χ0v) is 21.8. The second kappa shape index (κ2) is 11.0. The largest absolute Gasteiger partial charge is 0.480 e. The number of benzene rings is 3. The van der Waals surface area contributed by atoms with Gasteiger partial charge in [0.25, 0.3) is 5.91 Å². The second-order valence-electron chi connectivity index (χ2n) is 9.47. The van der Waals surface area contributed by atoms with Crippen LogP contribution < -0.4 is 10.6 Å². The van der Waals surface area contributed by atoms with Crippen molar-refractivity contribution in [2.45, 2.75) is 53.6 Å². The third kappa shape index (κ3) is 6.23. The van der Waals surface area contributed by atoms with Crippen molar-refractivity contribution in [2.75, 3.05) is 5.32 Å². The van der Waals surface area contributed by atoms with E-state index in [1.807, 2.05) is 51.1 Å². The van der Waals surface area contributed by atoms with Crippen molar-refractivity contribution in [1.29, 1.82) is 0 Å². The minimum absolute atomic E-state index is 0.118. The summed E-state index contributed by atoms with van der Waals surface area (Å²) in [5.74, 6) is -1.09. The van der Waals surface area contributed by atoms with Crippen molar-refractivity contribution in [3.05, 3.63) is 87.4 Å². The number of carbonyl (C=O) groups is 2. The number of aryl methyl sites for hydroxylation is 3. The molecular weight excluding hydrogens is 460 g/mol. The molecule has 3 aromatic carbocycles. The van der Waals surface area contributed by atoms with Crippen LogP contribution in [0.3, 0.4) is 0 Å². The van der Waals surface area contributed by atoms with Crippen LogP contribution in [0, 0.1) is 26.7 Å². The number of carboxylic acids is 1. The van der Waals surface area contributed by atoms with Crippen LogP contribution in [0.15, 0.2) is 54.6 Å². The highest BCUT2D eigenvalue weighted by molar-refractivity contribution is 6.31. The summed E-state index contributed by atoms with van der Waals surface area (Å²) in [5, 5.41) is 16.1. The molecule has 0 heterocycles. The normalized spacial score (nSPS) is 12.8. The quantitative estimate of drug-likeness (QED) is 0.318. The van der Waals surface area contributed by atoms with Crippen LogP contribution in [-0.2, 0) is 4.79 Å². The fourth-order valence-electron chi connectivity index (χ4n) is 4.28. The molecule has 0 radical (unpaired) electrons. The van der Waals surface area contributed by atoms with Gasteiger partial charge in [0.05, 0.1) is 6.04 Å². The number of hydrogen-bond donors (Lipinski definition) is 3. The van der Waals surface area contributed by atoms with Gasteiger partial charge < -0.3 is 15.7 Å². The average Bonchev–Trinajstić information content (AvgIpc) is 2.78. The zero-order valence-electron chi connectivity index (χ0n) is 21.1. The van der Waals surface area contributed by atoms with Crippen molar-refractivity contribution in [3.63, 3.8) is 0 Å². The van der Waals surface area contributed by atoms with E-state index in [1.165, 1.54) is 12.5 Å². The van der Waals surface area contributed by atoms with Gasteiger partial charge in [-0.1, -0.05) is 61.8 Å². The van der Waals surface area contributed by atoms with E-state index in [0.717, 1.165) is 38.5 Å². The summed E-state index contributed by atoms with van der Waals surface area (Å²) in [7, 11) is 0. The molecule has 2 atom stereocenters. The Kier molecular flexibility index (Phi) is 8.23. The standard InChI is InChI=1S/C29H33ClN2O3/c1-16(2)27(22-10-11-25(30)17(3)12-22)32-24-9-7-8-21(15-24)23-13-18(4)26(19(5)14-23)28(33)31-20(6)29(34)35/h7-16,20,27,32H,1-6H3,(H,31,33)(H,34,35). The number of aliphatic carboxylic acids is 1. The summed E-state index contributed by atoms with van der Waals surface area (Å²) in [4.78, 5) is 23.8. The molecule has 2 unspecified atom stereocenters. The van der Waals surface area contributed by atoms with E-state index < -0.39 is 12.0 Å². The molecule has 1 amide bonds. The Morgan fingerprint density at radius 3 is 2.09 bits per heavy atom. The third-order valence-electron chi connectivity index (χ3n) is 6.20. The van der Waals surface area contributed by atoms with Crippen LogP contribution in [0.2, 0.25) is 5.02 Å². The number of carboxylic acid groups (broad SMARTS) is 1. The Morgan fingerprint density at radius 2 is 1.51 bits per heavy atom. The molecule has 0 aliphatic heterocycles. The molecule has 5 nitrogen and oxygen atoms in total. The summed E-state index contributed by atoms with van der Waals surface area (Å²) >= 11 is 6.24. The van der Waals surface area contributed by atoms with Gasteiger partial charge in [0.1, 0.15) is 6.04 Å². The van der Waals surface area contributed by atoms with Crippen molar-refractivity contribution in [3.8, 4) is 11.1 Å². The van der Waals surface area contributed by atoms with E-state index in [1.54, 1.807) is 0 Å². The van der Waals surface area contributed by atoms with Crippen molar-refractivity contribution in [2.24, 2.45) is 5.92 Å². The molecule has 0 aliphatic rings. The van der Waals surface area contributed by atoms with E-state index in [4.69, 9.17) is 16.7 Å². The van der Waals surface area contributed by atoms with Gasteiger partial charge in [0.15, 0.2) is 0 Å². The summed E-state index contributed by atoms with van der Waals surface area (Å²) in [5.41, 5.74) is 7.37. The van der Waals surface area contributed by atoms with Gasteiger partial charge in [0.2, 0.25) is 0 Å². The molecule has 3 rings (SSSR count). The molecule has 6 heteroatoms. The van der Waals surface area contributed by atoms with Crippen LogP contribution in [0.1, 0.15) is 59.4 Å². The molecule has 0 aliphatic carbocycles. The molecule has 0 spiro atoms.